The fraction of sp³-hybridized carbons (Fsp3) is 0.190. The molecule has 26 heavy (non-hydrogen) atoms. The lowest BCUT2D eigenvalue weighted by atomic mass is 10.1. The van der Waals surface area contributed by atoms with Gasteiger partial charge in [-0.05, 0) is 55.0 Å². The van der Waals surface area contributed by atoms with Crippen LogP contribution in [0.1, 0.15) is 16.1 Å². The summed E-state index contributed by atoms with van der Waals surface area (Å²) in [5, 5.41) is 2.86. The molecule has 1 aromatic heterocycles. The number of para-hydroxylation sites is 1. The van der Waals surface area contributed by atoms with Crippen molar-refractivity contribution in [1.82, 2.24) is 9.88 Å². The number of nitrogens with one attached hydrogen (secondary N) is 1. The van der Waals surface area contributed by atoms with Crippen molar-refractivity contribution in [1.29, 1.82) is 0 Å². The first-order valence-electron chi connectivity index (χ1n) is 8.42. The van der Waals surface area contributed by atoms with Gasteiger partial charge in [-0.2, -0.15) is 0 Å². The van der Waals surface area contributed by atoms with E-state index in [0.29, 0.717) is 18.7 Å². The molecule has 2 aromatic carbocycles. The van der Waals surface area contributed by atoms with Gasteiger partial charge in [0.1, 0.15) is 5.82 Å². The monoisotopic (exact) mass is 352 g/mol. The molecule has 0 saturated carbocycles. The fourth-order valence-electron chi connectivity index (χ4n) is 2.94. The number of hydrogen-bond donors (Lipinski definition) is 1. The van der Waals surface area contributed by atoms with Crippen LogP contribution in [-0.4, -0.2) is 30.7 Å². The lowest BCUT2D eigenvalue weighted by Gasteiger charge is -2.12. The van der Waals surface area contributed by atoms with Crippen LogP contribution in [0, 0.1) is 12.7 Å². The van der Waals surface area contributed by atoms with Crippen molar-refractivity contribution < 1.29 is 13.9 Å². The first-order valence-corrected chi connectivity index (χ1v) is 8.42. The lowest BCUT2D eigenvalue weighted by molar-refractivity contribution is 0.0936. The van der Waals surface area contributed by atoms with Gasteiger partial charge < -0.3 is 14.6 Å². The van der Waals surface area contributed by atoms with Gasteiger partial charge in [-0.15, -0.1) is 0 Å². The third kappa shape index (κ3) is 3.68. The van der Waals surface area contributed by atoms with Gasteiger partial charge in [-0.1, -0.05) is 18.2 Å². The van der Waals surface area contributed by atoms with E-state index < -0.39 is 0 Å². The Morgan fingerprint density at radius 3 is 2.46 bits per heavy atom. The number of carbonyl (C=O) groups is 1. The molecule has 0 radical (unpaired) electrons. The molecule has 1 N–H and O–H groups in total. The minimum absolute atomic E-state index is 0.155. The topological polar surface area (TPSA) is 43.3 Å². The maximum absolute atomic E-state index is 13.3. The van der Waals surface area contributed by atoms with Gasteiger partial charge in [-0.25, -0.2) is 4.39 Å². The Morgan fingerprint density at radius 2 is 1.81 bits per heavy atom. The largest absolute Gasteiger partial charge is 0.383 e. The van der Waals surface area contributed by atoms with Crippen molar-refractivity contribution in [2.75, 3.05) is 20.3 Å². The van der Waals surface area contributed by atoms with Crippen LogP contribution in [0.3, 0.4) is 0 Å². The van der Waals surface area contributed by atoms with Crippen molar-refractivity contribution in [3.8, 4) is 16.9 Å². The molecule has 0 aliphatic carbocycles. The van der Waals surface area contributed by atoms with Gasteiger partial charge in [-0.3, -0.25) is 4.79 Å². The zero-order valence-electron chi connectivity index (χ0n) is 14.8. The Kier molecular flexibility index (Phi) is 5.49. The normalized spacial score (nSPS) is 10.7. The third-order valence-corrected chi connectivity index (χ3v) is 4.24. The van der Waals surface area contributed by atoms with E-state index in [1.807, 2.05) is 47.9 Å². The Hall–Kier alpha value is -2.92. The number of methoxy groups -OCH3 is 1. The number of rotatable bonds is 6. The number of amides is 1. The third-order valence-electron chi connectivity index (χ3n) is 4.24. The number of hydrogen-bond acceptors (Lipinski definition) is 2. The van der Waals surface area contributed by atoms with Crippen LogP contribution < -0.4 is 5.32 Å². The Balaban J connectivity index is 2.08. The first-order chi connectivity index (χ1) is 12.6. The highest BCUT2D eigenvalue weighted by Crippen LogP contribution is 2.29. The highest BCUT2D eigenvalue weighted by atomic mass is 19.1. The maximum atomic E-state index is 13.3. The molecule has 3 rings (SSSR count). The predicted molar refractivity (Wildman–Crippen MR) is 100 cm³/mol. The van der Waals surface area contributed by atoms with E-state index in [1.54, 1.807) is 19.2 Å². The van der Waals surface area contributed by atoms with Gasteiger partial charge in [0, 0.05) is 25.0 Å². The SMILES string of the molecule is COCCNC(=O)c1cc(-c2ccc(F)cc2)n(-c2ccccc2)c1C. The van der Waals surface area contributed by atoms with Crippen molar-refractivity contribution >= 4 is 5.91 Å². The molecule has 1 heterocycles. The van der Waals surface area contributed by atoms with Crippen LogP contribution in [0.25, 0.3) is 16.9 Å². The van der Waals surface area contributed by atoms with Gasteiger partial charge in [0.15, 0.2) is 0 Å². The summed E-state index contributed by atoms with van der Waals surface area (Å²) < 4.78 is 20.3. The summed E-state index contributed by atoms with van der Waals surface area (Å²) in [4.78, 5) is 12.6. The number of carbonyl (C=O) groups excluding carboxylic acids is 1. The average molecular weight is 352 g/mol. The van der Waals surface area contributed by atoms with Crippen LogP contribution in [0.15, 0.2) is 60.7 Å². The smallest absolute Gasteiger partial charge is 0.253 e. The van der Waals surface area contributed by atoms with Crippen molar-refractivity contribution in [2.45, 2.75) is 6.92 Å². The van der Waals surface area contributed by atoms with Crippen LogP contribution in [-0.2, 0) is 4.74 Å². The molecule has 134 valence electrons. The summed E-state index contributed by atoms with van der Waals surface area (Å²) in [6, 6.07) is 17.9. The summed E-state index contributed by atoms with van der Waals surface area (Å²) in [7, 11) is 1.59. The van der Waals surface area contributed by atoms with Crippen LogP contribution in [0.5, 0.6) is 0 Å². The molecule has 3 aromatic rings. The van der Waals surface area contributed by atoms with E-state index in [-0.39, 0.29) is 11.7 Å². The summed E-state index contributed by atoms with van der Waals surface area (Å²) in [5.41, 5.74) is 4.04. The molecular formula is C21H21FN2O2. The van der Waals surface area contributed by atoms with E-state index >= 15 is 0 Å². The second-order valence-electron chi connectivity index (χ2n) is 5.96. The Morgan fingerprint density at radius 1 is 1.12 bits per heavy atom. The van der Waals surface area contributed by atoms with Gasteiger partial charge in [0.05, 0.1) is 17.9 Å². The molecule has 0 atom stereocenters. The molecule has 5 heteroatoms. The molecule has 0 saturated heterocycles. The zero-order chi connectivity index (χ0) is 18.5. The zero-order valence-corrected chi connectivity index (χ0v) is 14.8. The lowest BCUT2D eigenvalue weighted by Crippen LogP contribution is -2.27. The summed E-state index contributed by atoms with van der Waals surface area (Å²) in [6.07, 6.45) is 0. The highest BCUT2D eigenvalue weighted by Gasteiger charge is 2.19. The molecule has 0 aliphatic rings. The van der Waals surface area contributed by atoms with E-state index in [2.05, 4.69) is 5.32 Å². The first kappa shape index (κ1) is 17.9. The van der Waals surface area contributed by atoms with Crippen molar-refractivity contribution in [3.05, 3.63) is 77.7 Å². The summed E-state index contributed by atoms with van der Waals surface area (Å²) in [6.45, 7) is 2.80. The van der Waals surface area contributed by atoms with Gasteiger partial charge in [0.2, 0.25) is 0 Å². The molecule has 4 nitrogen and oxygen atoms in total. The van der Waals surface area contributed by atoms with Gasteiger partial charge in [0.25, 0.3) is 5.91 Å². The number of aromatic nitrogens is 1. The molecule has 0 bridgehead atoms. The molecule has 0 fully saturated rings. The minimum atomic E-state index is -0.291. The fourth-order valence-corrected chi connectivity index (χ4v) is 2.94. The number of benzene rings is 2. The van der Waals surface area contributed by atoms with E-state index in [0.717, 1.165) is 22.6 Å². The second kappa shape index (κ2) is 7.97. The highest BCUT2D eigenvalue weighted by molar-refractivity contribution is 5.97. The molecular weight excluding hydrogens is 331 g/mol. The quantitative estimate of drug-likeness (QED) is 0.682. The molecule has 0 unspecified atom stereocenters. The Bertz CT molecular complexity index is 886. The molecule has 0 aliphatic heterocycles. The standard InChI is InChI=1S/C21H21FN2O2/c1-15-19(21(25)23-12-13-26-2)14-20(16-8-10-17(22)11-9-16)24(15)18-6-4-3-5-7-18/h3-11,14H,12-13H2,1-2H3,(H,23,25). The summed E-state index contributed by atoms with van der Waals surface area (Å²) >= 11 is 0. The molecule has 0 spiro atoms. The maximum Gasteiger partial charge on any atom is 0.253 e. The number of ether oxygens (including phenoxy) is 1. The van der Waals surface area contributed by atoms with Crippen LogP contribution >= 0.6 is 0 Å². The van der Waals surface area contributed by atoms with Crippen molar-refractivity contribution in [2.24, 2.45) is 0 Å². The molecule has 1 amide bonds. The Labute approximate surface area is 152 Å². The van der Waals surface area contributed by atoms with Crippen molar-refractivity contribution in [3.63, 3.8) is 0 Å². The van der Waals surface area contributed by atoms with E-state index in [1.165, 1.54) is 12.1 Å². The number of halogens is 1. The van der Waals surface area contributed by atoms with E-state index in [4.69, 9.17) is 4.74 Å². The summed E-state index contributed by atoms with van der Waals surface area (Å²) in [5.74, 6) is -0.446. The van der Waals surface area contributed by atoms with Crippen LogP contribution in [0.4, 0.5) is 4.39 Å². The van der Waals surface area contributed by atoms with Crippen LogP contribution in [0.2, 0.25) is 0 Å². The minimum Gasteiger partial charge on any atom is -0.383 e. The van der Waals surface area contributed by atoms with E-state index in [9.17, 15) is 9.18 Å². The second-order valence-corrected chi connectivity index (χ2v) is 5.96. The number of nitrogens with zero attached hydrogens (tertiary/aromatic N) is 1. The predicted octanol–water partition coefficient (Wildman–Crippen LogP) is 3.97. The van der Waals surface area contributed by atoms with Gasteiger partial charge >= 0.3 is 0 Å². The average Bonchev–Trinajstić information content (AvgIpc) is 3.00.